The lowest BCUT2D eigenvalue weighted by Crippen LogP contribution is -2.47. The van der Waals surface area contributed by atoms with E-state index < -0.39 is 12.1 Å². The predicted molar refractivity (Wildman–Crippen MR) is 131 cm³/mol. The lowest BCUT2D eigenvalue weighted by atomic mass is 10.0. The summed E-state index contributed by atoms with van der Waals surface area (Å²) in [4.78, 5) is 14.7. The summed E-state index contributed by atoms with van der Waals surface area (Å²) < 4.78 is 22.9. The van der Waals surface area contributed by atoms with E-state index in [1.807, 2.05) is 0 Å². The molecule has 0 aliphatic carbocycles. The number of aliphatic hydroxyl groups excluding tert-OH is 2. The Labute approximate surface area is 203 Å². The van der Waals surface area contributed by atoms with Gasteiger partial charge in [0.15, 0.2) is 0 Å². The zero-order valence-corrected chi connectivity index (χ0v) is 20.6. The van der Waals surface area contributed by atoms with E-state index in [-0.39, 0.29) is 18.7 Å². The van der Waals surface area contributed by atoms with Crippen molar-refractivity contribution in [3.8, 4) is 5.75 Å². The lowest BCUT2D eigenvalue weighted by Gasteiger charge is -2.29. The van der Waals surface area contributed by atoms with Crippen LogP contribution >= 0.6 is 0 Å². The first-order valence-electron chi connectivity index (χ1n) is 12.7. The average molecular weight is 483 g/mol. The van der Waals surface area contributed by atoms with Crippen LogP contribution in [0.15, 0.2) is 24.3 Å². The molecule has 1 fully saturated rings. The Balaban J connectivity index is 1.88. The van der Waals surface area contributed by atoms with Crippen molar-refractivity contribution < 1.29 is 28.9 Å². The van der Waals surface area contributed by atoms with E-state index in [1.165, 1.54) is 0 Å². The smallest absolute Gasteiger partial charge is 0.220 e. The van der Waals surface area contributed by atoms with Crippen molar-refractivity contribution in [1.82, 2.24) is 10.2 Å². The third-order valence-corrected chi connectivity index (χ3v) is 6.20. The van der Waals surface area contributed by atoms with Gasteiger partial charge in [0.25, 0.3) is 0 Å². The van der Waals surface area contributed by atoms with Crippen LogP contribution < -0.4 is 10.1 Å². The minimum atomic E-state index is -0.878. The second-order valence-corrected chi connectivity index (χ2v) is 9.15. The molecule has 7 nitrogen and oxygen atoms in total. The van der Waals surface area contributed by atoms with Gasteiger partial charge in [0.2, 0.25) is 5.91 Å². The fraction of sp³-hybridized carbons (Fsp3) is 0.731. The highest BCUT2D eigenvalue weighted by Gasteiger charge is 2.28. The Bertz CT molecular complexity index is 676. The van der Waals surface area contributed by atoms with Gasteiger partial charge in [-0.3, -0.25) is 14.1 Å². The van der Waals surface area contributed by atoms with Crippen molar-refractivity contribution in [2.75, 3.05) is 46.6 Å². The number of hydrogen-bond acceptors (Lipinski definition) is 6. The monoisotopic (exact) mass is 482 g/mol. The lowest BCUT2D eigenvalue weighted by molar-refractivity contribution is -0.123. The van der Waals surface area contributed by atoms with Gasteiger partial charge in [-0.25, -0.2) is 0 Å². The normalized spacial score (nSPS) is 18.1. The second-order valence-electron chi connectivity index (χ2n) is 9.15. The summed E-state index contributed by atoms with van der Waals surface area (Å²) in [7, 11) is 1.71. The van der Waals surface area contributed by atoms with E-state index in [2.05, 4.69) is 10.2 Å². The van der Waals surface area contributed by atoms with Crippen LogP contribution in [0.4, 0.5) is 4.39 Å². The molecule has 0 spiro atoms. The third-order valence-electron chi connectivity index (χ3n) is 6.20. The first-order valence-corrected chi connectivity index (χ1v) is 12.7. The molecule has 1 heterocycles. The maximum Gasteiger partial charge on any atom is 0.220 e. The topological polar surface area (TPSA) is 91.3 Å². The standard InChI is InChI=1S/C26H43FN2O5/c1-33-17-7-4-2-3-5-9-25(31)28-24(20-29-16-14-22(30)19-29)26(32)21-10-12-23(13-11-21)34-18-8-6-15-27/h10-13,22,24,26,30,32H,2-9,14-20H2,1H3,(H,28,31). The quantitative estimate of drug-likeness (QED) is 0.278. The summed E-state index contributed by atoms with van der Waals surface area (Å²) in [5, 5.41) is 24.0. The Hall–Kier alpha value is -1.74. The third kappa shape index (κ3) is 11.1. The fourth-order valence-electron chi connectivity index (χ4n) is 4.20. The first-order chi connectivity index (χ1) is 16.5. The van der Waals surface area contributed by atoms with Gasteiger partial charge in [-0.1, -0.05) is 31.4 Å². The van der Waals surface area contributed by atoms with Crippen LogP contribution in [0.1, 0.15) is 69.5 Å². The second kappa shape index (κ2) is 16.8. The summed E-state index contributed by atoms with van der Waals surface area (Å²) in [6, 6.07) is 6.70. The number of carbonyl (C=O) groups is 1. The summed E-state index contributed by atoms with van der Waals surface area (Å²) >= 11 is 0. The van der Waals surface area contributed by atoms with Crippen LogP contribution in [0.3, 0.4) is 0 Å². The number of aliphatic hydroxyl groups is 2. The van der Waals surface area contributed by atoms with Crippen molar-refractivity contribution in [2.24, 2.45) is 0 Å². The molecule has 1 aliphatic heterocycles. The molecule has 1 aromatic carbocycles. The molecule has 0 aromatic heterocycles. The highest BCUT2D eigenvalue weighted by atomic mass is 19.1. The molecular weight excluding hydrogens is 439 g/mol. The van der Waals surface area contributed by atoms with E-state index in [9.17, 15) is 19.4 Å². The van der Waals surface area contributed by atoms with Gasteiger partial charge in [-0.15, -0.1) is 0 Å². The molecule has 1 saturated heterocycles. The number of rotatable bonds is 18. The summed E-state index contributed by atoms with van der Waals surface area (Å²) in [5.74, 6) is 0.608. The van der Waals surface area contributed by atoms with Gasteiger partial charge < -0.3 is 25.0 Å². The number of alkyl halides is 1. The Morgan fingerprint density at radius 1 is 1.12 bits per heavy atom. The minimum absolute atomic E-state index is 0.0616. The van der Waals surface area contributed by atoms with E-state index in [0.29, 0.717) is 56.7 Å². The molecule has 194 valence electrons. The fourth-order valence-corrected chi connectivity index (χ4v) is 4.20. The van der Waals surface area contributed by atoms with Gasteiger partial charge in [-0.2, -0.15) is 0 Å². The largest absolute Gasteiger partial charge is 0.494 e. The average Bonchev–Trinajstić information content (AvgIpc) is 3.25. The van der Waals surface area contributed by atoms with E-state index >= 15 is 0 Å². The number of unbranched alkanes of at least 4 members (excludes halogenated alkanes) is 5. The van der Waals surface area contributed by atoms with Crippen molar-refractivity contribution >= 4 is 5.91 Å². The van der Waals surface area contributed by atoms with Crippen LogP contribution in [0, 0.1) is 0 Å². The summed E-state index contributed by atoms with van der Waals surface area (Å²) in [6.07, 6.45) is 6.07. The molecule has 3 unspecified atom stereocenters. The van der Waals surface area contributed by atoms with Gasteiger partial charge in [0.1, 0.15) is 11.9 Å². The summed E-state index contributed by atoms with van der Waals surface area (Å²) in [6.45, 7) is 2.65. The summed E-state index contributed by atoms with van der Waals surface area (Å²) in [5.41, 5.74) is 0.694. The van der Waals surface area contributed by atoms with Crippen LogP contribution in [0.2, 0.25) is 0 Å². The molecule has 3 atom stereocenters. The highest BCUT2D eigenvalue weighted by Crippen LogP contribution is 2.23. The molecular formula is C26H43FN2O5. The maximum atomic E-state index is 12.6. The van der Waals surface area contributed by atoms with Crippen molar-refractivity contribution in [2.45, 2.75) is 76.0 Å². The number of likely N-dealkylation sites (tertiary alicyclic amines) is 1. The number of halogens is 1. The highest BCUT2D eigenvalue weighted by molar-refractivity contribution is 5.76. The molecule has 0 bridgehead atoms. The molecule has 1 aliphatic rings. The number of nitrogens with zero attached hydrogens (tertiary/aromatic N) is 1. The van der Waals surface area contributed by atoms with Crippen molar-refractivity contribution in [1.29, 1.82) is 0 Å². The Kier molecular flexibility index (Phi) is 14.1. The molecule has 1 aromatic rings. The molecule has 0 radical (unpaired) electrons. The predicted octanol–water partition coefficient (Wildman–Crippen LogP) is 3.39. The number of benzene rings is 1. The zero-order chi connectivity index (χ0) is 24.6. The molecule has 2 rings (SSSR count). The number of nitrogens with one attached hydrogen (secondary N) is 1. The first kappa shape index (κ1) is 28.5. The number of amides is 1. The maximum absolute atomic E-state index is 12.6. The van der Waals surface area contributed by atoms with Gasteiger partial charge in [0.05, 0.1) is 25.4 Å². The van der Waals surface area contributed by atoms with Gasteiger partial charge >= 0.3 is 0 Å². The van der Waals surface area contributed by atoms with Crippen LogP contribution in [0.5, 0.6) is 5.75 Å². The molecule has 34 heavy (non-hydrogen) atoms. The molecule has 8 heteroatoms. The Morgan fingerprint density at radius 3 is 2.50 bits per heavy atom. The zero-order valence-electron chi connectivity index (χ0n) is 20.6. The van der Waals surface area contributed by atoms with E-state index in [1.54, 1.807) is 31.4 Å². The van der Waals surface area contributed by atoms with Gasteiger partial charge in [0, 0.05) is 39.8 Å². The van der Waals surface area contributed by atoms with Crippen LogP contribution in [-0.2, 0) is 9.53 Å². The number of carbonyl (C=O) groups excluding carboxylic acids is 1. The Morgan fingerprint density at radius 2 is 1.82 bits per heavy atom. The van der Waals surface area contributed by atoms with Crippen LogP contribution in [0.25, 0.3) is 0 Å². The minimum Gasteiger partial charge on any atom is -0.494 e. The number of methoxy groups -OCH3 is 1. The number of hydrogen-bond donors (Lipinski definition) is 3. The molecule has 0 saturated carbocycles. The van der Waals surface area contributed by atoms with Gasteiger partial charge in [-0.05, 0) is 49.8 Å². The molecule has 1 amide bonds. The number of β-amino-alcohol motifs (C(OH)–C–C–N with tert-alkyl or cyclic N) is 1. The molecule has 3 N–H and O–H groups in total. The SMILES string of the molecule is COCCCCCCCC(=O)NC(CN1CCC(O)C1)C(O)c1ccc(OCCCCF)cc1. The van der Waals surface area contributed by atoms with Crippen molar-refractivity contribution in [3.63, 3.8) is 0 Å². The van der Waals surface area contributed by atoms with E-state index in [4.69, 9.17) is 9.47 Å². The van der Waals surface area contributed by atoms with Crippen molar-refractivity contribution in [3.05, 3.63) is 29.8 Å². The number of ether oxygens (including phenoxy) is 2. The van der Waals surface area contributed by atoms with E-state index in [0.717, 1.165) is 45.3 Å². The van der Waals surface area contributed by atoms with Crippen LogP contribution in [-0.4, -0.2) is 79.8 Å².